The minimum atomic E-state index is -0.139. The van der Waals surface area contributed by atoms with Gasteiger partial charge in [0.2, 0.25) is 0 Å². The Balaban J connectivity index is 1.40. The third-order valence-corrected chi connectivity index (χ3v) is 12.3. The molecule has 0 radical (unpaired) electrons. The second kappa shape index (κ2) is 13.8. The lowest BCUT2D eigenvalue weighted by atomic mass is 9.33. The summed E-state index contributed by atoms with van der Waals surface area (Å²) in [6.45, 7) is 25.1. The van der Waals surface area contributed by atoms with E-state index in [0.717, 1.165) is 33.9 Å². The van der Waals surface area contributed by atoms with Crippen molar-refractivity contribution in [3.63, 3.8) is 0 Å². The SMILES string of the molecule is Cc1ccnc(-c2cc(C(C)(C)C)ccc2N2c3ccccc3B3c4ccccc4N(c4ccc(C(C)(C)C)cc4-c4cc(C)ccn4)c4cc(C(C)(C)C)cc2c43)c1. The first-order valence-corrected chi connectivity index (χ1v) is 21.1. The van der Waals surface area contributed by atoms with Crippen molar-refractivity contribution in [2.45, 2.75) is 92.4 Å². The number of nitrogens with zero attached hydrogens (tertiary/aromatic N) is 4. The van der Waals surface area contributed by atoms with E-state index in [2.05, 4.69) is 207 Å². The number of aromatic nitrogens is 2. The molecule has 0 fully saturated rings. The van der Waals surface area contributed by atoms with Gasteiger partial charge in [-0.05, 0) is 147 Å². The zero-order chi connectivity index (χ0) is 41.6. The summed E-state index contributed by atoms with van der Waals surface area (Å²) in [7, 11) is 0. The molecule has 0 bridgehead atoms. The van der Waals surface area contributed by atoms with Gasteiger partial charge < -0.3 is 9.80 Å². The number of aryl methyl sites for hydroxylation is 2. The second-order valence-corrected chi connectivity index (χ2v) is 19.8. The number of hydrogen-bond donors (Lipinski definition) is 0. The predicted molar refractivity (Wildman–Crippen MR) is 252 cm³/mol. The van der Waals surface area contributed by atoms with Crippen LogP contribution >= 0.6 is 0 Å². The summed E-state index contributed by atoms with van der Waals surface area (Å²) in [4.78, 5) is 15.1. The van der Waals surface area contributed by atoms with Gasteiger partial charge in [-0.3, -0.25) is 9.97 Å². The molecule has 4 nitrogen and oxygen atoms in total. The fourth-order valence-corrected chi connectivity index (χ4v) is 9.02. The van der Waals surface area contributed by atoms with Crippen LogP contribution in [0, 0.1) is 13.8 Å². The lowest BCUT2D eigenvalue weighted by Gasteiger charge is -2.45. The van der Waals surface area contributed by atoms with Gasteiger partial charge in [-0.1, -0.05) is 111 Å². The molecule has 5 heteroatoms. The zero-order valence-corrected chi connectivity index (χ0v) is 36.6. The Morgan fingerprint density at radius 1 is 0.407 bits per heavy atom. The average Bonchev–Trinajstić information content (AvgIpc) is 3.19. The first-order valence-electron chi connectivity index (χ1n) is 21.1. The van der Waals surface area contributed by atoms with E-state index in [1.54, 1.807) is 0 Å². The van der Waals surface area contributed by atoms with Crippen LogP contribution in [0.4, 0.5) is 34.1 Å². The summed E-state index contributed by atoms with van der Waals surface area (Å²) in [6, 6.07) is 45.8. The van der Waals surface area contributed by atoms with E-state index in [4.69, 9.17) is 9.97 Å². The van der Waals surface area contributed by atoms with Gasteiger partial charge in [0, 0.05) is 46.3 Å². The fourth-order valence-electron chi connectivity index (χ4n) is 9.02. The number of benzene rings is 5. The number of fused-ring (bicyclic) bond motifs is 4. The summed E-state index contributed by atoms with van der Waals surface area (Å²) < 4.78 is 0. The maximum absolute atomic E-state index is 5.03. The van der Waals surface area contributed by atoms with Gasteiger partial charge in [0.15, 0.2) is 0 Å². The van der Waals surface area contributed by atoms with E-state index in [0.29, 0.717) is 0 Å². The number of hydrogen-bond acceptors (Lipinski definition) is 4. The molecule has 0 N–H and O–H groups in total. The Bertz CT molecular complexity index is 2600. The zero-order valence-electron chi connectivity index (χ0n) is 36.6. The van der Waals surface area contributed by atoms with E-state index in [1.165, 1.54) is 67.0 Å². The van der Waals surface area contributed by atoms with Gasteiger partial charge in [-0.2, -0.15) is 0 Å². The Labute approximate surface area is 352 Å². The molecule has 9 rings (SSSR count). The van der Waals surface area contributed by atoms with E-state index in [1.807, 2.05) is 12.4 Å². The molecule has 294 valence electrons. The largest absolute Gasteiger partial charge is 0.311 e. The van der Waals surface area contributed by atoms with Crippen molar-refractivity contribution in [2.75, 3.05) is 9.80 Å². The normalized spacial score (nSPS) is 13.6. The van der Waals surface area contributed by atoms with Crippen molar-refractivity contribution in [1.82, 2.24) is 9.97 Å². The van der Waals surface area contributed by atoms with Gasteiger partial charge >= 0.3 is 0 Å². The molecule has 0 unspecified atom stereocenters. The van der Waals surface area contributed by atoms with Crippen LogP contribution in [0.1, 0.15) is 90.1 Å². The highest BCUT2D eigenvalue weighted by Gasteiger charge is 2.44. The lowest BCUT2D eigenvalue weighted by Crippen LogP contribution is -2.61. The number of anilines is 6. The molecule has 2 aromatic heterocycles. The Kier molecular flexibility index (Phi) is 9.05. The van der Waals surface area contributed by atoms with Crippen LogP contribution in [-0.2, 0) is 16.2 Å². The second-order valence-electron chi connectivity index (χ2n) is 19.8. The minimum absolute atomic E-state index is 0.0257. The molecule has 2 aliphatic heterocycles. The van der Waals surface area contributed by atoms with Crippen LogP contribution in [0.2, 0.25) is 0 Å². The Morgan fingerprint density at radius 3 is 1.20 bits per heavy atom. The quantitative estimate of drug-likeness (QED) is 0.167. The van der Waals surface area contributed by atoms with Crippen LogP contribution in [-0.4, -0.2) is 16.7 Å². The summed E-state index contributed by atoms with van der Waals surface area (Å²) in [5.74, 6) is 0. The predicted octanol–water partition coefficient (Wildman–Crippen LogP) is 12.4. The molecule has 4 heterocycles. The highest BCUT2D eigenvalue weighted by atomic mass is 15.2. The molecule has 0 aliphatic carbocycles. The first-order chi connectivity index (χ1) is 28.0. The maximum Gasteiger partial charge on any atom is 0.252 e. The van der Waals surface area contributed by atoms with Gasteiger partial charge in [0.25, 0.3) is 6.71 Å². The minimum Gasteiger partial charge on any atom is -0.311 e. The molecule has 2 aliphatic rings. The standard InChI is InChI=1S/C54H55BN4/c1-34-24-26-56-43(28-34)39-30-36(52(3,4)5)20-22-45(39)58-47-18-14-12-16-41(47)55-42-17-13-15-19-48(42)59(50-33-38(54(9,10)11)32-49(58)51(50)55)46-23-21-37(53(6,7)8)31-40(46)44-29-35(2)25-27-57-44/h12-33H,1-11H3. The van der Waals surface area contributed by atoms with Crippen LogP contribution in [0.5, 0.6) is 0 Å². The molecule has 5 aromatic carbocycles. The molecule has 7 aromatic rings. The Hall–Kier alpha value is -5.94. The highest BCUT2D eigenvalue weighted by molar-refractivity contribution is 7.00. The van der Waals surface area contributed by atoms with Crippen LogP contribution in [0.15, 0.2) is 134 Å². The van der Waals surface area contributed by atoms with Crippen LogP contribution in [0.3, 0.4) is 0 Å². The monoisotopic (exact) mass is 770 g/mol. The fraction of sp³-hybridized carbons (Fsp3) is 0.259. The van der Waals surface area contributed by atoms with Crippen molar-refractivity contribution >= 4 is 57.2 Å². The van der Waals surface area contributed by atoms with Gasteiger partial charge in [-0.25, -0.2) is 0 Å². The molecule has 0 atom stereocenters. The lowest BCUT2D eigenvalue weighted by molar-refractivity contribution is 0.590. The first kappa shape index (κ1) is 38.6. The van der Waals surface area contributed by atoms with Gasteiger partial charge in [-0.15, -0.1) is 0 Å². The highest BCUT2D eigenvalue weighted by Crippen LogP contribution is 2.50. The molecule has 0 saturated carbocycles. The van der Waals surface area contributed by atoms with Crippen molar-refractivity contribution in [1.29, 1.82) is 0 Å². The van der Waals surface area contributed by atoms with E-state index < -0.39 is 0 Å². The maximum atomic E-state index is 5.03. The van der Waals surface area contributed by atoms with E-state index in [-0.39, 0.29) is 23.0 Å². The van der Waals surface area contributed by atoms with Crippen molar-refractivity contribution in [3.05, 3.63) is 162 Å². The number of rotatable bonds is 4. The third kappa shape index (κ3) is 6.65. The molecule has 0 saturated heterocycles. The summed E-state index contributed by atoms with van der Waals surface area (Å²) in [5, 5.41) is 0. The van der Waals surface area contributed by atoms with Crippen LogP contribution in [0.25, 0.3) is 22.5 Å². The molecule has 0 amide bonds. The topological polar surface area (TPSA) is 32.3 Å². The number of para-hydroxylation sites is 2. The Morgan fingerprint density at radius 2 is 0.814 bits per heavy atom. The van der Waals surface area contributed by atoms with Crippen molar-refractivity contribution in [3.8, 4) is 22.5 Å². The van der Waals surface area contributed by atoms with Gasteiger partial charge in [0.1, 0.15) is 0 Å². The van der Waals surface area contributed by atoms with Crippen molar-refractivity contribution < 1.29 is 0 Å². The molecular formula is C54H55BN4. The van der Waals surface area contributed by atoms with Crippen LogP contribution < -0.4 is 26.2 Å². The third-order valence-electron chi connectivity index (χ3n) is 12.3. The number of pyridine rings is 2. The summed E-state index contributed by atoms with van der Waals surface area (Å²) in [6.07, 6.45) is 3.89. The summed E-state index contributed by atoms with van der Waals surface area (Å²) in [5.41, 5.74) is 21.2. The molecule has 59 heavy (non-hydrogen) atoms. The average molecular weight is 771 g/mol. The smallest absolute Gasteiger partial charge is 0.252 e. The van der Waals surface area contributed by atoms with Crippen molar-refractivity contribution in [2.24, 2.45) is 0 Å². The molecular weight excluding hydrogens is 715 g/mol. The van der Waals surface area contributed by atoms with Gasteiger partial charge in [0.05, 0.1) is 22.8 Å². The summed E-state index contributed by atoms with van der Waals surface area (Å²) >= 11 is 0. The van der Waals surface area contributed by atoms with E-state index >= 15 is 0 Å². The molecule has 0 spiro atoms. The van der Waals surface area contributed by atoms with E-state index in [9.17, 15) is 0 Å².